The van der Waals surface area contributed by atoms with Gasteiger partial charge in [-0.05, 0) is 24.3 Å². The summed E-state index contributed by atoms with van der Waals surface area (Å²) in [6.07, 6.45) is -0.800. The van der Waals surface area contributed by atoms with E-state index in [1.807, 2.05) is 6.07 Å². The van der Waals surface area contributed by atoms with Crippen molar-refractivity contribution in [1.82, 2.24) is 10.2 Å². The molecule has 3 aromatic rings. The number of amides is 1. The number of hydrogen-bond donors (Lipinski definition) is 1. The van der Waals surface area contributed by atoms with Crippen LogP contribution in [0.2, 0.25) is 4.34 Å². The lowest BCUT2D eigenvalue weighted by Crippen LogP contribution is -2.40. The molecule has 0 unspecified atom stereocenters. The summed E-state index contributed by atoms with van der Waals surface area (Å²) in [6.45, 7) is 0.102. The van der Waals surface area contributed by atoms with E-state index in [0.29, 0.717) is 15.8 Å². The van der Waals surface area contributed by atoms with Crippen LogP contribution in [0.5, 0.6) is 11.5 Å². The molecular weight excluding hydrogens is 354 g/mol. The summed E-state index contributed by atoms with van der Waals surface area (Å²) < 4.78 is 17.2. The average Bonchev–Trinajstić information content (AvgIpc) is 3.23. The Kier molecular flexibility index (Phi) is 3.83. The Bertz CT molecular complexity index is 894. The molecule has 1 aliphatic rings. The molecule has 1 N–H and O–H groups in total. The fourth-order valence-corrected chi connectivity index (χ4v) is 3.10. The highest BCUT2D eigenvalue weighted by molar-refractivity contribution is 7.19. The van der Waals surface area contributed by atoms with Gasteiger partial charge in [-0.15, -0.1) is 16.4 Å². The Balaban J connectivity index is 1.44. The SMILES string of the molecule is O=C(Nc1nnc(-c2ccc(Cl)s2)o1)[C@@H]1COc2ccccc2O1. The van der Waals surface area contributed by atoms with Crippen molar-refractivity contribution in [1.29, 1.82) is 0 Å². The number of hydrogen-bond acceptors (Lipinski definition) is 7. The molecule has 0 spiro atoms. The largest absolute Gasteiger partial charge is 0.485 e. The number of ether oxygens (including phenoxy) is 2. The molecule has 122 valence electrons. The predicted octanol–water partition coefficient (Wildman–Crippen LogP) is 3.23. The maximum atomic E-state index is 12.3. The quantitative estimate of drug-likeness (QED) is 0.768. The maximum Gasteiger partial charge on any atom is 0.322 e. The number of fused-ring (bicyclic) bond motifs is 1. The normalized spacial score (nSPS) is 16.0. The topological polar surface area (TPSA) is 86.5 Å². The molecule has 1 aliphatic heterocycles. The maximum absolute atomic E-state index is 12.3. The molecule has 7 nitrogen and oxygen atoms in total. The van der Waals surface area contributed by atoms with Crippen LogP contribution in [0, 0.1) is 0 Å². The van der Waals surface area contributed by atoms with Crippen LogP contribution in [-0.2, 0) is 4.79 Å². The highest BCUT2D eigenvalue weighted by Gasteiger charge is 2.28. The molecule has 0 bridgehead atoms. The lowest BCUT2D eigenvalue weighted by Gasteiger charge is -2.24. The van der Waals surface area contributed by atoms with E-state index in [1.54, 1.807) is 30.3 Å². The minimum Gasteiger partial charge on any atom is -0.485 e. The molecule has 0 saturated carbocycles. The third-order valence-electron chi connectivity index (χ3n) is 3.24. The Labute approximate surface area is 145 Å². The second-order valence-corrected chi connectivity index (χ2v) is 6.58. The standard InChI is InChI=1S/C15H10ClN3O4S/c16-12-6-5-11(24-12)14-18-19-15(23-14)17-13(20)10-7-21-8-3-1-2-4-9(8)22-10/h1-6,10H,7H2,(H,17,19,20)/t10-/m0/s1. The summed E-state index contributed by atoms with van der Waals surface area (Å²) >= 11 is 7.18. The summed E-state index contributed by atoms with van der Waals surface area (Å²) in [6, 6.07) is 10.6. The predicted molar refractivity (Wildman–Crippen MR) is 87.6 cm³/mol. The van der Waals surface area contributed by atoms with Gasteiger partial charge in [0.2, 0.25) is 6.10 Å². The molecule has 24 heavy (non-hydrogen) atoms. The zero-order chi connectivity index (χ0) is 16.5. The number of benzene rings is 1. The zero-order valence-corrected chi connectivity index (χ0v) is 13.6. The molecule has 3 heterocycles. The number of thiophene rings is 1. The lowest BCUT2D eigenvalue weighted by molar-refractivity contribution is -0.125. The Morgan fingerprint density at radius 2 is 2.04 bits per heavy atom. The van der Waals surface area contributed by atoms with Crippen molar-refractivity contribution in [3.05, 3.63) is 40.7 Å². The van der Waals surface area contributed by atoms with Gasteiger partial charge in [-0.1, -0.05) is 28.8 Å². The molecular formula is C15H10ClN3O4S. The van der Waals surface area contributed by atoms with Crippen LogP contribution in [0.25, 0.3) is 10.8 Å². The summed E-state index contributed by atoms with van der Waals surface area (Å²) in [4.78, 5) is 13.0. The van der Waals surface area contributed by atoms with Crippen LogP contribution in [0.4, 0.5) is 6.01 Å². The average molecular weight is 364 g/mol. The van der Waals surface area contributed by atoms with E-state index in [1.165, 1.54) is 11.3 Å². The fourth-order valence-electron chi connectivity index (χ4n) is 2.14. The molecule has 2 aromatic heterocycles. The number of carbonyl (C=O) groups excluding carboxylic acids is 1. The second-order valence-electron chi connectivity index (χ2n) is 4.87. The van der Waals surface area contributed by atoms with E-state index in [0.717, 1.165) is 4.88 Å². The Morgan fingerprint density at radius 3 is 2.83 bits per heavy atom. The van der Waals surface area contributed by atoms with Crippen LogP contribution in [0.15, 0.2) is 40.8 Å². The van der Waals surface area contributed by atoms with Crippen LogP contribution < -0.4 is 14.8 Å². The first kappa shape index (κ1) is 15.0. The number of aromatic nitrogens is 2. The van der Waals surface area contributed by atoms with Crippen LogP contribution in [0.3, 0.4) is 0 Å². The van der Waals surface area contributed by atoms with Gasteiger partial charge >= 0.3 is 6.01 Å². The molecule has 0 saturated heterocycles. The van der Waals surface area contributed by atoms with Gasteiger partial charge < -0.3 is 13.9 Å². The van der Waals surface area contributed by atoms with Crippen molar-refractivity contribution in [3.63, 3.8) is 0 Å². The van der Waals surface area contributed by atoms with Crippen LogP contribution >= 0.6 is 22.9 Å². The Morgan fingerprint density at radius 1 is 1.21 bits per heavy atom. The van der Waals surface area contributed by atoms with Crippen molar-refractivity contribution in [3.8, 4) is 22.3 Å². The smallest absolute Gasteiger partial charge is 0.322 e. The number of anilines is 1. The van der Waals surface area contributed by atoms with Gasteiger partial charge in [-0.2, -0.15) is 0 Å². The molecule has 1 amide bonds. The molecule has 1 atom stereocenters. The van der Waals surface area contributed by atoms with E-state index in [-0.39, 0.29) is 18.5 Å². The van der Waals surface area contributed by atoms with E-state index < -0.39 is 12.0 Å². The molecule has 9 heteroatoms. The third kappa shape index (κ3) is 2.93. The minimum atomic E-state index is -0.800. The fraction of sp³-hybridized carbons (Fsp3) is 0.133. The van der Waals surface area contributed by atoms with Crippen LogP contribution in [-0.4, -0.2) is 28.8 Å². The van der Waals surface area contributed by atoms with Gasteiger partial charge in [0.25, 0.3) is 11.8 Å². The van der Waals surface area contributed by atoms with Crippen molar-refractivity contribution in [2.75, 3.05) is 11.9 Å². The number of halogens is 1. The molecule has 1 aromatic carbocycles. The zero-order valence-electron chi connectivity index (χ0n) is 12.1. The van der Waals surface area contributed by atoms with E-state index in [2.05, 4.69) is 15.5 Å². The van der Waals surface area contributed by atoms with E-state index in [9.17, 15) is 4.79 Å². The van der Waals surface area contributed by atoms with Crippen molar-refractivity contribution in [2.45, 2.75) is 6.10 Å². The summed E-state index contributed by atoms with van der Waals surface area (Å²) in [5.41, 5.74) is 0. The lowest BCUT2D eigenvalue weighted by atomic mass is 10.2. The van der Waals surface area contributed by atoms with Crippen LogP contribution in [0.1, 0.15) is 0 Å². The monoisotopic (exact) mass is 363 g/mol. The number of para-hydroxylation sites is 2. The van der Waals surface area contributed by atoms with Gasteiger partial charge in [0.15, 0.2) is 11.5 Å². The van der Waals surface area contributed by atoms with Crippen molar-refractivity contribution >= 4 is 34.9 Å². The van der Waals surface area contributed by atoms with Gasteiger partial charge in [0.1, 0.15) is 6.61 Å². The minimum absolute atomic E-state index is 0.0121. The van der Waals surface area contributed by atoms with E-state index in [4.69, 9.17) is 25.5 Å². The number of nitrogens with one attached hydrogen (secondary N) is 1. The third-order valence-corrected chi connectivity index (χ3v) is 4.46. The molecule has 0 fully saturated rings. The molecule has 0 aliphatic carbocycles. The molecule has 4 rings (SSSR count). The first-order chi connectivity index (χ1) is 11.7. The summed E-state index contributed by atoms with van der Waals surface area (Å²) in [5, 5.41) is 10.2. The van der Waals surface area contributed by atoms with Crippen molar-refractivity contribution < 1.29 is 18.7 Å². The molecule has 0 radical (unpaired) electrons. The second kappa shape index (κ2) is 6.14. The van der Waals surface area contributed by atoms with E-state index >= 15 is 0 Å². The first-order valence-electron chi connectivity index (χ1n) is 6.97. The van der Waals surface area contributed by atoms with Gasteiger partial charge in [-0.25, -0.2) is 0 Å². The Hall–Kier alpha value is -2.58. The highest BCUT2D eigenvalue weighted by atomic mass is 35.5. The van der Waals surface area contributed by atoms with Gasteiger partial charge in [0, 0.05) is 0 Å². The summed E-state index contributed by atoms with van der Waals surface area (Å²) in [7, 11) is 0. The first-order valence-corrected chi connectivity index (χ1v) is 8.17. The van der Waals surface area contributed by atoms with Gasteiger partial charge in [0.05, 0.1) is 9.21 Å². The number of nitrogens with zero attached hydrogens (tertiary/aromatic N) is 2. The number of rotatable bonds is 3. The summed E-state index contributed by atoms with van der Waals surface area (Å²) in [5.74, 6) is 0.983. The van der Waals surface area contributed by atoms with Crippen molar-refractivity contribution in [2.24, 2.45) is 0 Å². The highest BCUT2D eigenvalue weighted by Crippen LogP contribution is 2.32. The van der Waals surface area contributed by atoms with Gasteiger partial charge in [-0.3, -0.25) is 10.1 Å². The number of carbonyl (C=O) groups is 1.